The second-order valence-electron chi connectivity index (χ2n) is 12.4. The third kappa shape index (κ3) is 13.0. The fourth-order valence-electron chi connectivity index (χ4n) is 5.59. The summed E-state index contributed by atoms with van der Waals surface area (Å²) in [5, 5.41) is 8.84. The first-order valence-electron chi connectivity index (χ1n) is 16.6. The van der Waals surface area contributed by atoms with E-state index in [0.717, 1.165) is 49.7 Å². The van der Waals surface area contributed by atoms with E-state index in [0.29, 0.717) is 36.1 Å². The quantitative estimate of drug-likeness (QED) is 0.0458. The van der Waals surface area contributed by atoms with E-state index in [9.17, 15) is 24.0 Å². The molecule has 2 atom stereocenters. The van der Waals surface area contributed by atoms with Crippen molar-refractivity contribution < 1.29 is 52.8 Å². The summed E-state index contributed by atoms with van der Waals surface area (Å²) in [5.41, 5.74) is 3.00. The third-order valence-corrected chi connectivity index (χ3v) is 8.48. The van der Waals surface area contributed by atoms with Crippen molar-refractivity contribution in [3.05, 3.63) is 33.9 Å². The summed E-state index contributed by atoms with van der Waals surface area (Å²) in [6, 6.07) is 0. The number of carbonyl (C=O) groups excluding carboxylic acids is 4. The van der Waals surface area contributed by atoms with E-state index in [4.69, 9.17) is 28.8 Å². The van der Waals surface area contributed by atoms with E-state index in [-0.39, 0.29) is 74.0 Å². The summed E-state index contributed by atoms with van der Waals surface area (Å²) in [7, 11) is 2.85. The number of esters is 4. The van der Waals surface area contributed by atoms with Crippen molar-refractivity contribution in [3.8, 4) is 11.5 Å². The van der Waals surface area contributed by atoms with Gasteiger partial charge in [-0.25, -0.2) is 4.79 Å². The Hall–Kier alpha value is -3.89. The van der Waals surface area contributed by atoms with Crippen molar-refractivity contribution in [3.63, 3.8) is 0 Å². The molecule has 1 heterocycles. The Morgan fingerprint density at radius 1 is 0.915 bits per heavy atom. The molecule has 0 saturated heterocycles. The molecule has 1 N–H and O–H groups in total. The van der Waals surface area contributed by atoms with E-state index in [1.54, 1.807) is 0 Å². The molecule has 47 heavy (non-hydrogen) atoms. The van der Waals surface area contributed by atoms with Crippen molar-refractivity contribution in [1.29, 1.82) is 0 Å². The van der Waals surface area contributed by atoms with Crippen molar-refractivity contribution in [2.45, 2.75) is 118 Å². The Balaban J connectivity index is 1.88. The summed E-state index contributed by atoms with van der Waals surface area (Å²) in [6.07, 6.45) is 9.99. The average molecular weight is 661 g/mol. The first-order valence-corrected chi connectivity index (χ1v) is 16.6. The number of ether oxygens (including phenoxy) is 5. The number of carboxylic acids is 1. The molecule has 0 aromatic heterocycles. The van der Waals surface area contributed by atoms with Crippen LogP contribution in [-0.2, 0) is 46.4 Å². The highest BCUT2D eigenvalue weighted by Gasteiger charge is 2.34. The highest BCUT2D eigenvalue weighted by molar-refractivity contribution is 5.99. The lowest BCUT2D eigenvalue weighted by molar-refractivity contribution is -0.149. The molecule has 1 aromatic carbocycles. The van der Waals surface area contributed by atoms with Gasteiger partial charge >= 0.3 is 29.8 Å². The summed E-state index contributed by atoms with van der Waals surface area (Å²) in [5.74, 6) is -1.99. The van der Waals surface area contributed by atoms with Crippen LogP contribution in [0.4, 0.5) is 0 Å². The Morgan fingerprint density at radius 3 is 2.26 bits per heavy atom. The van der Waals surface area contributed by atoms with Gasteiger partial charge in [0.2, 0.25) is 0 Å². The lowest BCUT2D eigenvalue weighted by Gasteiger charge is -2.19. The molecule has 0 saturated carbocycles. The number of carboxylic acid groups (broad SMARTS) is 1. The fraction of sp³-hybridized carbons (Fsp3) is 0.639. The predicted molar refractivity (Wildman–Crippen MR) is 174 cm³/mol. The topological polar surface area (TPSA) is 152 Å². The summed E-state index contributed by atoms with van der Waals surface area (Å²) in [6.45, 7) is 7.63. The van der Waals surface area contributed by atoms with Crippen LogP contribution in [-0.4, -0.2) is 55.8 Å². The number of allylic oxidation sites excluding steroid dienone is 2. The second kappa shape index (κ2) is 20.4. The summed E-state index contributed by atoms with van der Waals surface area (Å²) >= 11 is 0. The molecular formula is C36H52O11. The minimum Gasteiger partial charge on any atom is -0.496 e. The Bertz CT molecular complexity index is 1280. The predicted octanol–water partition coefficient (Wildman–Crippen LogP) is 6.82. The zero-order valence-electron chi connectivity index (χ0n) is 28.9. The zero-order valence-corrected chi connectivity index (χ0v) is 28.9. The first kappa shape index (κ1) is 39.3. The van der Waals surface area contributed by atoms with Gasteiger partial charge in [0.1, 0.15) is 17.9 Å². The minimum absolute atomic E-state index is 0.0276. The zero-order chi connectivity index (χ0) is 34.9. The molecule has 0 fully saturated rings. The van der Waals surface area contributed by atoms with Gasteiger partial charge in [-0.2, -0.15) is 0 Å². The van der Waals surface area contributed by atoms with Gasteiger partial charge in [-0.15, -0.1) is 0 Å². The highest BCUT2D eigenvalue weighted by atomic mass is 16.6. The first-order chi connectivity index (χ1) is 22.4. The van der Waals surface area contributed by atoms with Gasteiger partial charge < -0.3 is 28.8 Å². The molecule has 1 aromatic rings. The van der Waals surface area contributed by atoms with Crippen LogP contribution in [0.25, 0.3) is 0 Å². The van der Waals surface area contributed by atoms with Crippen molar-refractivity contribution >= 4 is 29.8 Å². The molecule has 0 amide bonds. The molecular weight excluding hydrogens is 608 g/mol. The SMILES string of the molecule is COC(=O)CCC(C)=CCc1c(OC)c(C)c2c(c1OC(=O)CCCOC(=O)C(C)CCCCCCCC(C)CC(=O)O)C(=O)OC2. The number of cyclic esters (lactones) is 1. The van der Waals surface area contributed by atoms with Gasteiger partial charge in [-0.05, 0) is 51.0 Å². The standard InChI is InChI=1S/C36H52O11/c1-23(17-19-30(39)43-5)16-18-27-33(44-6)26(4)28-22-46-36(42)32(28)34(27)47-31(40)15-12-20-45-35(41)25(3)14-11-9-7-8-10-13-24(2)21-29(37)38/h16,24-25H,7-15,17-22H2,1-6H3,(H,37,38). The maximum atomic E-state index is 13.0. The van der Waals surface area contributed by atoms with Crippen LogP contribution in [0.2, 0.25) is 0 Å². The molecule has 1 aliphatic rings. The number of aliphatic carboxylic acids is 1. The number of methoxy groups -OCH3 is 2. The van der Waals surface area contributed by atoms with Gasteiger partial charge in [-0.3, -0.25) is 19.2 Å². The maximum absolute atomic E-state index is 13.0. The van der Waals surface area contributed by atoms with Crippen LogP contribution < -0.4 is 9.47 Å². The molecule has 262 valence electrons. The van der Waals surface area contributed by atoms with Gasteiger partial charge in [0.15, 0.2) is 5.75 Å². The minimum atomic E-state index is -0.753. The summed E-state index contributed by atoms with van der Waals surface area (Å²) < 4.78 is 26.9. The van der Waals surface area contributed by atoms with E-state index in [2.05, 4.69) is 0 Å². The molecule has 1 aliphatic heterocycles. The van der Waals surface area contributed by atoms with Gasteiger partial charge in [0, 0.05) is 30.4 Å². The molecule has 2 unspecified atom stereocenters. The Labute approximate surface area is 278 Å². The lowest BCUT2D eigenvalue weighted by Crippen LogP contribution is -2.17. The number of rotatable bonds is 22. The van der Waals surface area contributed by atoms with Crippen molar-refractivity contribution in [2.24, 2.45) is 11.8 Å². The largest absolute Gasteiger partial charge is 0.496 e. The van der Waals surface area contributed by atoms with E-state index < -0.39 is 17.9 Å². The lowest BCUT2D eigenvalue weighted by atomic mass is 9.94. The normalized spacial score (nSPS) is 13.7. The molecule has 11 heteroatoms. The number of carbonyl (C=O) groups is 5. The Kier molecular flexibility index (Phi) is 17.0. The van der Waals surface area contributed by atoms with Gasteiger partial charge in [0.05, 0.1) is 26.7 Å². The second-order valence-corrected chi connectivity index (χ2v) is 12.4. The molecule has 11 nitrogen and oxygen atoms in total. The van der Waals surface area contributed by atoms with Gasteiger partial charge in [-0.1, -0.05) is 64.0 Å². The van der Waals surface area contributed by atoms with Gasteiger partial charge in [0.25, 0.3) is 0 Å². The van der Waals surface area contributed by atoms with Crippen LogP contribution >= 0.6 is 0 Å². The molecule has 0 aliphatic carbocycles. The number of benzene rings is 1. The van der Waals surface area contributed by atoms with Crippen LogP contribution in [0.5, 0.6) is 11.5 Å². The monoisotopic (exact) mass is 660 g/mol. The average Bonchev–Trinajstić information content (AvgIpc) is 3.42. The fourth-order valence-corrected chi connectivity index (χ4v) is 5.59. The number of unbranched alkanes of at least 4 members (excludes halogenated alkanes) is 4. The van der Waals surface area contributed by atoms with Crippen LogP contribution in [0, 0.1) is 18.8 Å². The van der Waals surface area contributed by atoms with Crippen LogP contribution in [0.3, 0.4) is 0 Å². The summed E-state index contributed by atoms with van der Waals surface area (Å²) in [4.78, 5) is 60.5. The van der Waals surface area contributed by atoms with E-state index >= 15 is 0 Å². The molecule has 2 rings (SSSR count). The smallest absolute Gasteiger partial charge is 0.342 e. The molecule has 0 bridgehead atoms. The van der Waals surface area contributed by atoms with Crippen LogP contribution in [0.1, 0.15) is 125 Å². The van der Waals surface area contributed by atoms with Crippen LogP contribution in [0.15, 0.2) is 11.6 Å². The number of hydrogen-bond acceptors (Lipinski definition) is 10. The van der Waals surface area contributed by atoms with Crippen molar-refractivity contribution in [1.82, 2.24) is 0 Å². The highest BCUT2D eigenvalue weighted by Crippen LogP contribution is 2.43. The molecule has 0 spiro atoms. The Morgan fingerprint density at radius 2 is 1.60 bits per heavy atom. The van der Waals surface area contributed by atoms with E-state index in [1.807, 2.05) is 33.8 Å². The van der Waals surface area contributed by atoms with E-state index in [1.165, 1.54) is 14.2 Å². The molecule has 0 radical (unpaired) electrons. The van der Waals surface area contributed by atoms with Crippen molar-refractivity contribution in [2.75, 3.05) is 20.8 Å². The number of hydrogen-bond donors (Lipinski definition) is 1. The maximum Gasteiger partial charge on any atom is 0.342 e. The number of fused-ring (bicyclic) bond motifs is 1. The third-order valence-electron chi connectivity index (χ3n) is 8.48.